The fraction of sp³-hybridized carbons (Fsp3) is 0.190. The number of halogens is 1. The summed E-state index contributed by atoms with van der Waals surface area (Å²) in [5.74, 6) is -0.233. The predicted octanol–water partition coefficient (Wildman–Crippen LogP) is 4.65. The van der Waals surface area contributed by atoms with Gasteiger partial charge in [-0.2, -0.15) is 0 Å². The number of rotatable bonds is 5. The summed E-state index contributed by atoms with van der Waals surface area (Å²) in [6, 6.07) is 14.5. The van der Waals surface area contributed by atoms with E-state index in [0.717, 1.165) is 22.0 Å². The lowest BCUT2D eigenvalue weighted by Crippen LogP contribution is -2.37. The third kappa shape index (κ3) is 4.41. The van der Waals surface area contributed by atoms with Crippen molar-refractivity contribution in [2.24, 2.45) is 0 Å². The smallest absolute Gasteiger partial charge is 0.325 e. The van der Waals surface area contributed by atoms with Crippen molar-refractivity contribution < 1.29 is 9.59 Å². The minimum absolute atomic E-state index is 0.00294. The molecule has 29 heavy (non-hydrogen) atoms. The normalized spacial score (nSPS) is 13.8. The van der Waals surface area contributed by atoms with Crippen molar-refractivity contribution in [2.75, 3.05) is 29.9 Å². The summed E-state index contributed by atoms with van der Waals surface area (Å²) in [6.07, 6.45) is 0. The number of hydrogen-bond donors (Lipinski definition) is 1. The van der Waals surface area contributed by atoms with Gasteiger partial charge in [0.25, 0.3) is 0 Å². The highest BCUT2D eigenvalue weighted by Gasteiger charge is 2.30. The van der Waals surface area contributed by atoms with Crippen molar-refractivity contribution in [3.63, 3.8) is 0 Å². The molecular weight excluding hydrogens is 408 g/mol. The van der Waals surface area contributed by atoms with Gasteiger partial charge in [0.05, 0.1) is 10.7 Å². The second-order valence-electron chi connectivity index (χ2n) is 6.71. The zero-order valence-electron chi connectivity index (χ0n) is 15.8. The van der Waals surface area contributed by atoms with Crippen LogP contribution in [0.5, 0.6) is 0 Å². The van der Waals surface area contributed by atoms with Gasteiger partial charge in [0.2, 0.25) is 5.91 Å². The molecule has 0 aliphatic carbocycles. The molecule has 0 unspecified atom stereocenters. The second kappa shape index (κ2) is 8.23. The highest BCUT2D eigenvalue weighted by molar-refractivity contribution is 7.09. The molecular formula is C21H19ClN4O2S. The number of anilines is 2. The van der Waals surface area contributed by atoms with E-state index < -0.39 is 0 Å². The summed E-state index contributed by atoms with van der Waals surface area (Å²) in [5, 5.41) is 6.48. The summed E-state index contributed by atoms with van der Waals surface area (Å²) in [6.45, 7) is 2.99. The first-order valence-electron chi connectivity index (χ1n) is 9.14. The number of amides is 3. The third-order valence-electron chi connectivity index (χ3n) is 4.63. The van der Waals surface area contributed by atoms with E-state index in [1.165, 1.54) is 4.90 Å². The molecule has 1 N–H and O–H groups in total. The maximum atomic E-state index is 12.7. The maximum Gasteiger partial charge on any atom is 0.325 e. The summed E-state index contributed by atoms with van der Waals surface area (Å²) in [4.78, 5) is 32.8. The molecule has 0 spiro atoms. The van der Waals surface area contributed by atoms with Gasteiger partial charge in [-0.25, -0.2) is 9.78 Å². The Labute approximate surface area is 177 Å². The Kier molecular flexibility index (Phi) is 5.51. The fourth-order valence-electron chi connectivity index (χ4n) is 3.22. The molecule has 1 aliphatic rings. The number of hydrogen-bond acceptors (Lipinski definition) is 4. The van der Waals surface area contributed by atoms with Crippen LogP contribution in [0.4, 0.5) is 16.2 Å². The molecule has 1 aromatic heterocycles. The van der Waals surface area contributed by atoms with Crippen LogP contribution in [0.1, 0.15) is 5.01 Å². The van der Waals surface area contributed by atoms with Crippen LogP contribution < -0.4 is 10.2 Å². The highest BCUT2D eigenvalue weighted by atomic mass is 35.5. The first-order valence-corrected chi connectivity index (χ1v) is 10.4. The molecule has 2 aromatic carbocycles. The number of carbonyl (C=O) groups excluding carboxylic acids is 2. The maximum absolute atomic E-state index is 12.7. The molecule has 0 radical (unpaired) electrons. The van der Waals surface area contributed by atoms with Gasteiger partial charge in [-0.1, -0.05) is 23.7 Å². The molecule has 1 saturated heterocycles. The van der Waals surface area contributed by atoms with Gasteiger partial charge in [0.1, 0.15) is 6.54 Å². The van der Waals surface area contributed by atoms with Crippen LogP contribution in [-0.2, 0) is 4.79 Å². The van der Waals surface area contributed by atoms with Gasteiger partial charge in [0, 0.05) is 40.4 Å². The van der Waals surface area contributed by atoms with E-state index in [2.05, 4.69) is 10.3 Å². The molecule has 4 rings (SSSR count). The van der Waals surface area contributed by atoms with Gasteiger partial charge < -0.3 is 10.2 Å². The monoisotopic (exact) mass is 426 g/mol. The molecule has 8 heteroatoms. The summed E-state index contributed by atoms with van der Waals surface area (Å²) >= 11 is 7.50. The average Bonchev–Trinajstić information content (AvgIpc) is 3.29. The lowest BCUT2D eigenvalue weighted by Gasteiger charge is -2.18. The van der Waals surface area contributed by atoms with Gasteiger partial charge in [-0.05, 0) is 43.3 Å². The second-order valence-corrected chi connectivity index (χ2v) is 8.21. The molecule has 3 aromatic rings. The zero-order valence-corrected chi connectivity index (χ0v) is 17.3. The Bertz CT molecular complexity index is 1050. The minimum atomic E-state index is -0.233. The molecule has 0 bridgehead atoms. The van der Waals surface area contributed by atoms with Crippen molar-refractivity contribution in [3.05, 3.63) is 63.9 Å². The van der Waals surface area contributed by atoms with Gasteiger partial charge in [-0.3, -0.25) is 9.69 Å². The molecule has 3 amide bonds. The molecule has 1 fully saturated rings. The molecule has 148 valence electrons. The summed E-state index contributed by atoms with van der Waals surface area (Å²) in [5.41, 5.74) is 3.28. The first kappa shape index (κ1) is 19.4. The largest absolute Gasteiger partial charge is 0.325 e. The van der Waals surface area contributed by atoms with Crippen molar-refractivity contribution >= 4 is 46.3 Å². The number of urea groups is 1. The predicted molar refractivity (Wildman–Crippen MR) is 117 cm³/mol. The van der Waals surface area contributed by atoms with E-state index in [1.807, 2.05) is 36.6 Å². The van der Waals surface area contributed by atoms with E-state index in [1.54, 1.807) is 40.5 Å². The van der Waals surface area contributed by atoms with E-state index >= 15 is 0 Å². The van der Waals surface area contributed by atoms with E-state index in [4.69, 9.17) is 11.6 Å². The van der Waals surface area contributed by atoms with Crippen molar-refractivity contribution in [2.45, 2.75) is 6.92 Å². The van der Waals surface area contributed by atoms with Crippen LogP contribution in [0.2, 0.25) is 5.02 Å². The molecule has 1 aliphatic heterocycles. The van der Waals surface area contributed by atoms with Gasteiger partial charge in [0.15, 0.2) is 0 Å². The third-order valence-corrected chi connectivity index (χ3v) is 5.65. The number of carbonyl (C=O) groups is 2. The van der Waals surface area contributed by atoms with Crippen LogP contribution in [0, 0.1) is 6.92 Å². The quantitative estimate of drug-likeness (QED) is 0.645. The zero-order chi connectivity index (χ0) is 20.4. The van der Waals surface area contributed by atoms with Crippen molar-refractivity contribution in [1.29, 1.82) is 0 Å². The Morgan fingerprint density at radius 2 is 2.00 bits per heavy atom. The number of thiazole rings is 1. The van der Waals surface area contributed by atoms with Crippen molar-refractivity contribution in [3.8, 4) is 11.3 Å². The number of aryl methyl sites for hydroxylation is 1. The lowest BCUT2D eigenvalue weighted by atomic mass is 10.1. The van der Waals surface area contributed by atoms with Crippen LogP contribution >= 0.6 is 22.9 Å². The molecule has 0 atom stereocenters. The van der Waals surface area contributed by atoms with E-state index in [-0.39, 0.29) is 18.5 Å². The van der Waals surface area contributed by atoms with Gasteiger partial charge in [-0.15, -0.1) is 11.3 Å². The minimum Gasteiger partial charge on any atom is -0.325 e. The Balaban J connectivity index is 1.39. The highest BCUT2D eigenvalue weighted by Crippen LogP contribution is 2.25. The van der Waals surface area contributed by atoms with Crippen molar-refractivity contribution in [1.82, 2.24) is 9.88 Å². The standard InChI is InChI=1S/C21H19ClN4O2S/c1-14-23-19(13-29-14)15-3-2-4-17(11-15)24-20(27)12-25-9-10-26(21(25)28)18-7-5-16(22)6-8-18/h2-8,11,13H,9-10,12H2,1H3,(H,24,27). The molecule has 6 nitrogen and oxygen atoms in total. The number of benzene rings is 2. The SMILES string of the molecule is Cc1nc(-c2cccc(NC(=O)CN3CCN(c4ccc(Cl)cc4)C3=O)c2)cs1. The first-order chi connectivity index (χ1) is 14.0. The lowest BCUT2D eigenvalue weighted by molar-refractivity contribution is -0.116. The Morgan fingerprint density at radius 3 is 2.72 bits per heavy atom. The van der Waals surface area contributed by atoms with Crippen LogP contribution in [0.25, 0.3) is 11.3 Å². The van der Waals surface area contributed by atoms with E-state index in [0.29, 0.717) is 23.8 Å². The van der Waals surface area contributed by atoms with Gasteiger partial charge >= 0.3 is 6.03 Å². The number of aromatic nitrogens is 1. The van der Waals surface area contributed by atoms with E-state index in [9.17, 15) is 9.59 Å². The summed E-state index contributed by atoms with van der Waals surface area (Å²) in [7, 11) is 0. The molecule has 0 saturated carbocycles. The summed E-state index contributed by atoms with van der Waals surface area (Å²) < 4.78 is 0. The average molecular weight is 427 g/mol. The topological polar surface area (TPSA) is 65.5 Å². The van der Waals surface area contributed by atoms with Crippen LogP contribution in [0.15, 0.2) is 53.9 Å². The number of nitrogens with zero attached hydrogens (tertiary/aromatic N) is 3. The molecule has 2 heterocycles. The van der Waals surface area contributed by atoms with Crippen LogP contribution in [-0.4, -0.2) is 41.5 Å². The fourth-order valence-corrected chi connectivity index (χ4v) is 3.96. The number of nitrogens with one attached hydrogen (secondary N) is 1. The van der Waals surface area contributed by atoms with Crippen LogP contribution in [0.3, 0.4) is 0 Å². The Hall–Kier alpha value is -2.90. The Morgan fingerprint density at radius 1 is 1.21 bits per heavy atom.